The van der Waals surface area contributed by atoms with Crippen molar-refractivity contribution in [2.45, 2.75) is 43.5 Å². The first-order valence-electron chi connectivity index (χ1n) is 6.83. The van der Waals surface area contributed by atoms with Crippen LogP contribution in [-0.2, 0) is 4.79 Å². The maximum Gasteiger partial charge on any atom is 0.230 e. The van der Waals surface area contributed by atoms with E-state index in [1.54, 1.807) is 11.8 Å². The quantitative estimate of drug-likeness (QED) is 0.830. The van der Waals surface area contributed by atoms with Gasteiger partial charge in [0.15, 0.2) is 0 Å². The molecule has 0 aliphatic heterocycles. The van der Waals surface area contributed by atoms with Gasteiger partial charge in [-0.15, -0.1) is 11.8 Å². The molecule has 19 heavy (non-hydrogen) atoms. The molecule has 2 atom stereocenters. The molecule has 2 rings (SSSR count). The minimum atomic E-state index is 0.159. The third kappa shape index (κ3) is 4.84. The molecule has 1 aromatic rings. The molecule has 1 fully saturated rings. The van der Waals surface area contributed by atoms with E-state index in [4.69, 9.17) is 0 Å². The van der Waals surface area contributed by atoms with Crippen LogP contribution < -0.4 is 5.32 Å². The van der Waals surface area contributed by atoms with Crippen molar-refractivity contribution in [1.82, 2.24) is 5.32 Å². The zero-order valence-corrected chi connectivity index (χ0v) is 13.6. The number of thioether (sulfide) groups is 1. The highest BCUT2D eigenvalue weighted by Gasteiger charge is 2.22. The van der Waals surface area contributed by atoms with Gasteiger partial charge in [-0.1, -0.05) is 35.7 Å². The summed E-state index contributed by atoms with van der Waals surface area (Å²) in [6.45, 7) is 2.24. The van der Waals surface area contributed by atoms with Crippen molar-refractivity contribution >= 4 is 33.6 Å². The molecule has 0 aromatic heterocycles. The average molecular weight is 342 g/mol. The molecule has 0 radical (unpaired) electrons. The normalized spacial score (nSPS) is 23.1. The van der Waals surface area contributed by atoms with E-state index in [0.29, 0.717) is 17.7 Å². The number of nitrogens with one attached hydrogen (secondary N) is 1. The highest BCUT2D eigenvalue weighted by molar-refractivity contribution is 9.10. The molecule has 1 aliphatic carbocycles. The summed E-state index contributed by atoms with van der Waals surface area (Å²) in [5.74, 6) is 1.28. The third-order valence-corrected chi connectivity index (χ3v) is 5.18. The van der Waals surface area contributed by atoms with Crippen LogP contribution in [0.5, 0.6) is 0 Å². The Kier molecular flexibility index (Phi) is 5.76. The molecule has 1 saturated carbocycles. The first kappa shape index (κ1) is 14.9. The van der Waals surface area contributed by atoms with Gasteiger partial charge in [0, 0.05) is 15.4 Å². The van der Waals surface area contributed by atoms with Crippen LogP contribution >= 0.6 is 27.7 Å². The maximum absolute atomic E-state index is 12.0. The van der Waals surface area contributed by atoms with Crippen molar-refractivity contribution in [3.63, 3.8) is 0 Å². The lowest BCUT2D eigenvalue weighted by atomic mass is 9.86. The molecule has 4 heteroatoms. The van der Waals surface area contributed by atoms with Gasteiger partial charge in [0.2, 0.25) is 5.91 Å². The molecule has 104 valence electrons. The van der Waals surface area contributed by atoms with Crippen LogP contribution in [0.4, 0.5) is 0 Å². The van der Waals surface area contributed by atoms with E-state index in [-0.39, 0.29) is 5.91 Å². The molecule has 2 nitrogen and oxygen atoms in total. The number of rotatable bonds is 4. The van der Waals surface area contributed by atoms with Crippen LogP contribution in [0.25, 0.3) is 0 Å². The number of carbonyl (C=O) groups is 1. The van der Waals surface area contributed by atoms with Crippen molar-refractivity contribution in [2.24, 2.45) is 5.92 Å². The molecular formula is C15H20BrNOS. The van der Waals surface area contributed by atoms with Crippen LogP contribution in [0.1, 0.15) is 32.6 Å². The Labute approximate surface area is 127 Å². The predicted octanol–water partition coefficient (Wildman–Crippen LogP) is 4.24. The lowest BCUT2D eigenvalue weighted by molar-refractivity contribution is -0.119. The van der Waals surface area contributed by atoms with Gasteiger partial charge in [0.1, 0.15) is 0 Å². The first-order valence-corrected chi connectivity index (χ1v) is 8.61. The number of benzene rings is 1. The number of carbonyl (C=O) groups excluding carboxylic acids is 1. The van der Waals surface area contributed by atoms with E-state index in [1.165, 1.54) is 19.3 Å². The minimum Gasteiger partial charge on any atom is -0.352 e. The Bertz CT molecular complexity index is 421. The Hall–Kier alpha value is -0.480. The fraction of sp³-hybridized carbons (Fsp3) is 0.533. The Balaban J connectivity index is 1.76. The molecule has 1 aromatic carbocycles. The summed E-state index contributed by atoms with van der Waals surface area (Å²) >= 11 is 5.00. The Morgan fingerprint density at radius 2 is 2.00 bits per heavy atom. The third-order valence-electron chi connectivity index (χ3n) is 3.64. The second-order valence-electron chi connectivity index (χ2n) is 5.18. The topological polar surface area (TPSA) is 29.1 Å². The van der Waals surface area contributed by atoms with Crippen LogP contribution in [0.2, 0.25) is 0 Å². The van der Waals surface area contributed by atoms with E-state index in [1.807, 2.05) is 24.3 Å². The van der Waals surface area contributed by atoms with Gasteiger partial charge >= 0.3 is 0 Å². The summed E-state index contributed by atoms with van der Waals surface area (Å²) in [5, 5.41) is 3.18. The Morgan fingerprint density at radius 1 is 1.32 bits per heavy atom. The summed E-state index contributed by atoms with van der Waals surface area (Å²) in [5.41, 5.74) is 0. The molecule has 0 heterocycles. The summed E-state index contributed by atoms with van der Waals surface area (Å²) < 4.78 is 1.07. The van der Waals surface area contributed by atoms with Crippen molar-refractivity contribution < 1.29 is 4.79 Å². The molecular weight excluding hydrogens is 322 g/mol. The van der Waals surface area contributed by atoms with Crippen molar-refractivity contribution in [3.8, 4) is 0 Å². The Morgan fingerprint density at radius 3 is 2.68 bits per heavy atom. The van der Waals surface area contributed by atoms with Gasteiger partial charge in [-0.2, -0.15) is 0 Å². The fourth-order valence-corrected chi connectivity index (χ4v) is 3.43. The lowest BCUT2D eigenvalue weighted by Crippen LogP contribution is -2.41. The molecule has 0 unspecified atom stereocenters. The van der Waals surface area contributed by atoms with Crippen LogP contribution in [-0.4, -0.2) is 17.7 Å². The van der Waals surface area contributed by atoms with E-state index in [2.05, 4.69) is 28.2 Å². The smallest absolute Gasteiger partial charge is 0.230 e. The summed E-state index contributed by atoms with van der Waals surface area (Å²) in [6.07, 6.45) is 4.93. The standard InChI is InChI=1S/C15H20BrNOS/c1-11-4-2-3-5-14(11)17-15(18)10-19-13-8-6-12(16)7-9-13/h6-9,11,14H,2-5,10H2,1H3,(H,17,18)/t11-,14-/m1/s1. The second-order valence-corrected chi connectivity index (χ2v) is 7.14. The summed E-state index contributed by atoms with van der Waals surface area (Å²) in [7, 11) is 0. The van der Waals surface area contributed by atoms with Crippen LogP contribution in [0, 0.1) is 5.92 Å². The molecule has 1 amide bonds. The number of halogens is 1. The predicted molar refractivity (Wildman–Crippen MR) is 84.4 cm³/mol. The second kappa shape index (κ2) is 7.34. The number of hydrogen-bond acceptors (Lipinski definition) is 2. The number of amides is 1. The van der Waals surface area contributed by atoms with Crippen molar-refractivity contribution in [2.75, 3.05) is 5.75 Å². The van der Waals surface area contributed by atoms with Gasteiger partial charge in [0.25, 0.3) is 0 Å². The van der Waals surface area contributed by atoms with Gasteiger partial charge in [-0.05, 0) is 43.0 Å². The maximum atomic E-state index is 12.0. The molecule has 0 saturated heterocycles. The number of hydrogen-bond donors (Lipinski definition) is 1. The van der Waals surface area contributed by atoms with E-state index in [9.17, 15) is 4.79 Å². The van der Waals surface area contributed by atoms with Gasteiger partial charge in [0.05, 0.1) is 5.75 Å². The van der Waals surface area contributed by atoms with Gasteiger partial charge in [-0.25, -0.2) is 0 Å². The minimum absolute atomic E-state index is 0.159. The summed E-state index contributed by atoms with van der Waals surface area (Å²) in [6, 6.07) is 8.45. The fourth-order valence-electron chi connectivity index (χ4n) is 2.46. The summed E-state index contributed by atoms with van der Waals surface area (Å²) in [4.78, 5) is 13.1. The van der Waals surface area contributed by atoms with Gasteiger partial charge < -0.3 is 5.32 Å². The zero-order valence-electron chi connectivity index (χ0n) is 11.2. The van der Waals surface area contributed by atoms with Crippen molar-refractivity contribution in [1.29, 1.82) is 0 Å². The monoisotopic (exact) mass is 341 g/mol. The molecule has 0 spiro atoms. The zero-order chi connectivity index (χ0) is 13.7. The van der Waals surface area contributed by atoms with Crippen LogP contribution in [0.15, 0.2) is 33.6 Å². The highest BCUT2D eigenvalue weighted by Crippen LogP contribution is 2.24. The van der Waals surface area contributed by atoms with E-state index >= 15 is 0 Å². The highest BCUT2D eigenvalue weighted by atomic mass is 79.9. The van der Waals surface area contributed by atoms with Gasteiger partial charge in [-0.3, -0.25) is 4.79 Å². The first-order chi connectivity index (χ1) is 9.15. The van der Waals surface area contributed by atoms with E-state index < -0.39 is 0 Å². The van der Waals surface area contributed by atoms with Crippen LogP contribution in [0.3, 0.4) is 0 Å². The average Bonchev–Trinajstić information content (AvgIpc) is 2.41. The largest absolute Gasteiger partial charge is 0.352 e. The molecule has 1 aliphatic rings. The molecule has 1 N–H and O–H groups in total. The SMILES string of the molecule is C[C@@H]1CCCC[C@H]1NC(=O)CSc1ccc(Br)cc1. The van der Waals surface area contributed by atoms with E-state index in [0.717, 1.165) is 15.8 Å². The van der Waals surface area contributed by atoms with Crippen molar-refractivity contribution in [3.05, 3.63) is 28.7 Å². The lowest BCUT2D eigenvalue weighted by Gasteiger charge is -2.29. The molecule has 0 bridgehead atoms.